The Morgan fingerprint density at radius 2 is 2.28 bits per heavy atom. The maximum atomic E-state index is 6.12. The van der Waals surface area contributed by atoms with Crippen molar-refractivity contribution in [2.75, 3.05) is 26.7 Å². The minimum absolute atomic E-state index is 0.392. The van der Waals surface area contributed by atoms with E-state index in [0.717, 1.165) is 19.1 Å². The van der Waals surface area contributed by atoms with Gasteiger partial charge in [0.05, 0.1) is 12.7 Å². The molecule has 106 valence electrons. The monoisotopic (exact) mass is 254 g/mol. The molecule has 3 heteroatoms. The van der Waals surface area contributed by atoms with Crippen LogP contribution >= 0.6 is 0 Å². The van der Waals surface area contributed by atoms with E-state index in [1.54, 1.807) is 0 Å². The summed E-state index contributed by atoms with van der Waals surface area (Å²) in [5.41, 5.74) is 0. The summed E-state index contributed by atoms with van der Waals surface area (Å²) in [5.74, 6) is 0.798. The number of morpholine rings is 1. The van der Waals surface area contributed by atoms with Crippen LogP contribution < -0.4 is 5.32 Å². The van der Waals surface area contributed by atoms with Crippen LogP contribution in [0.4, 0.5) is 0 Å². The summed E-state index contributed by atoms with van der Waals surface area (Å²) >= 11 is 0. The van der Waals surface area contributed by atoms with Crippen molar-refractivity contribution in [1.29, 1.82) is 0 Å². The van der Waals surface area contributed by atoms with E-state index in [2.05, 4.69) is 31.1 Å². The van der Waals surface area contributed by atoms with Gasteiger partial charge in [0.2, 0.25) is 0 Å². The zero-order chi connectivity index (χ0) is 13.0. The van der Waals surface area contributed by atoms with Gasteiger partial charge in [0.1, 0.15) is 0 Å². The summed E-state index contributed by atoms with van der Waals surface area (Å²) in [6.07, 6.45) is 6.95. The van der Waals surface area contributed by atoms with Gasteiger partial charge in [-0.15, -0.1) is 0 Å². The molecular formula is C15H30N2O. The van der Waals surface area contributed by atoms with Crippen LogP contribution in [-0.2, 0) is 4.74 Å². The average molecular weight is 254 g/mol. The van der Waals surface area contributed by atoms with Crippen molar-refractivity contribution in [2.24, 2.45) is 5.92 Å². The van der Waals surface area contributed by atoms with Crippen LogP contribution in [-0.4, -0.2) is 49.8 Å². The fraction of sp³-hybridized carbons (Fsp3) is 1.00. The molecule has 18 heavy (non-hydrogen) atoms. The van der Waals surface area contributed by atoms with Crippen LogP contribution in [0.15, 0.2) is 0 Å². The first-order valence-electron chi connectivity index (χ1n) is 7.77. The molecule has 2 rings (SSSR count). The first-order valence-corrected chi connectivity index (χ1v) is 7.77. The largest absolute Gasteiger partial charge is 0.374 e. The number of hydrogen-bond donors (Lipinski definition) is 1. The maximum absolute atomic E-state index is 6.12. The number of likely N-dealkylation sites (N-methyl/N-ethyl adjacent to an activating group) is 1. The van der Waals surface area contributed by atoms with Crippen molar-refractivity contribution < 1.29 is 4.74 Å². The first-order chi connectivity index (χ1) is 8.74. The number of nitrogens with one attached hydrogen (secondary N) is 1. The van der Waals surface area contributed by atoms with E-state index < -0.39 is 0 Å². The molecule has 4 unspecified atom stereocenters. The quantitative estimate of drug-likeness (QED) is 0.787. The molecule has 2 heterocycles. The summed E-state index contributed by atoms with van der Waals surface area (Å²) in [6.45, 7) is 8.01. The minimum atomic E-state index is 0.392. The van der Waals surface area contributed by atoms with Gasteiger partial charge in [-0.1, -0.05) is 26.7 Å². The van der Waals surface area contributed by atoms with Gasteiger partial charge in [0, 0.05) is 18.6 Å². The number of fused-ring (bicyclic) bond motifs is 1. The van der Waals surface area contributed by atoms with Gasteiger partial charge in [-0.3, -0.25) is 4.90 Å². The van der Waals surface area contributed by atoms with Crippen molar-refractivity contribution in [3.05, 3.63) is 0 Å². The Kier molecular flexibility index (Phi) is 5.46. The third kappa shape index (κ3) is 3.46. The van der Waals surface area contributed by atoms with Gasteiger partial charge >= 0.3 is 0 Å². The van der Waals surface area contributed by atoms with Crippen LogP contribution in [0.5, 0.6) is 0 Å². The molecule has 2 fully saturated rings. The molecule has 4 atom stereocenters. The normalized spacial score (nSPS) is 32.2. The Bertz CT molecular complexity index is 247. The molecule has 0 aliphatic carbocycles. The van der Waals surface area contributed by atoms with Crippen molar-refractivity contribution in [1.82, 2.24) is 10.2 Å². The molecule has 0 saturated carbocycles. The molecule has 0 aromatic carbocycles. The van der Waals surface area contributed by atoms with E-state index in [0.29, 0.717) is 18.2 Å². The lowest BCUT2D eigenvalue weighted by Gasteiger charge is -2.39. The summed E-state index contributed by atoms with van der Waals surface area (Å²) in [5, 5.41) is 3.49. The molecule has 0 spiro atoms. The van der Waals surface area contributed by atoms with Gasteiger partial charge in [-0.2, -0.15) is 0 Å². The van der Waals surface area contributed by atoms with Gasteiger partial charge in [0.15, 0.2) is 0 Å². The Morgan fingerprint density at radius 1 is 1.44 bits per heavy atom. The summed E-state index contributed by atoms with van der Waals surface area (Å²) in [7, 11) is 2.09. The second kappa shape index (κ2) is 6.88. The lowest BCUT2D eigenvalue weighted by molar-refractivity contribution is -0.0664. The van der Waals surface area contributed by atoms with Gasteiger partial charge < -0.3 is 10.1 Å². The highest BCUT2D eigenvalue weighted by atomic mass is 16.5. The molecule has 0 bridgehead atoms. The fourth-order valence-corrected chi connectivity index (χ4v) is 3.59. The van der Waals surface area contributed by atoms with Crippen molar-refractivity contribution in [3.8, 4) is 0 Å². The molecule has 2 saturated heterocycles. The van der Waals surface area contributed by atoms with E-state index in [1.807, 2.05) is 0 Å². The number of rotatable bonds is 6. The molecule has 2 aliphatic heterocycles. The lowest BCUT2D eigenvalue weighted by atomic mass is 9.93. The number of ether oxygens (including phenoxy) is 1. The van der Waals surface area contributed by atoms with Gasteiger partial charge in [-0.05, 0) is 38.8 Å². The standard InChI is InChI=1S/C15H30N2O/c1-4-6-12(2)9-14(16-3)15-10-17-8-5-7-13(17)11-18-15/h12-16H,4-11H2,1-3H3. The van der Waals surface area contributed by atoms with Crippen LogP contribution in [0.3, 0.4) is 0 Å². The van der Waals surface area contributed by atoms with Crippen molar-refractivity contribution in [2.45, 2.75) is 64.1 Å². The predicted molar refractivity (Wildman–Crippen MR) is 75.9 cm³/mol. The molecule has 0 radical (unpaired) electrons. The smallest absolute Gasteiger partial charge is 0.0855 e. The zero-order valence-electron chi connectivity index (χ0n) is 12.3. The zero-order valence-corrected chi connectivity index (χ0v) is 12.3. The number of nitrogens with zero attached hydrogens (tertiary/aromatic N) is 1. The van der Waals surface area contributed by atoms with Crippen LogP contribution in [0.1, 0.15) is 46.0 Å². The topological polar surface area (TPSA) is 24.5 Å². The Balaban J connectivity index is 1.84. The average Bonchev–Trinajstić information content (AvgIpc) is 2.83. The highest BCUT2D eigenvalue weighted by Crippen LogP contribution is 2.25. The predicted octanol–water partition coefficient (Wildman–Crippen LogP) is 2.26. The summed E-state index contributed by atoms with van der Waals surface area (Å²) < 4.78 is 6.12. The Labute approximate surface area is 112 Å². The third-order valence-electron chi connectivity index (χ3n) is 4.67. The maximum Gasteiger partial charge on any atom is 0.0855 e. The van der Waals surface area contributed by atoms with Crippen LogP contribution in [0, 0.1) is 5.92 Å². The van der Waals surface area contributed by atoms with Crippen molar-refractivity contribution in [3.63, 3.8) is 0 Å². The van der Waals surface area contributed by atoms with E-state index in [1.165, 1.54) is 38.6 Å². The van der Waals surface area contributed by atoms with Gasteiger partial charge in [-0.25, -0.2) is 0 Å². The minimum Gasteiger partial charge on any atom is -0.374 e. The van der Waals surface area contributed by atoms with E-state index in [-0.39, 0.29) is 0 Å². The summed E-state index contributed by atoms with van der Waals surface area (Å²) in [6, 6.07) is 1.24. The Morgan fingerprint density at radius 3 is 3.00 bits per heavy atom. The SMILES string of the molecule is CCCC(C)CC(NC)C1CN2CCCC2CO1. The molecule has 2 aliphatic rings. The lowest BCUT2D eigenvalue weighted by Crippen LogP contribution is -2.53. The third-order valence-corrected chi connectivity index (χ3v) is 4.67. The molecule has 0 amide bonds. The highest BCUT2D eigenvalue weighted by molar-refractivity contribution is 4.90. The molecular weight excluding hydrogens is 224 g/mol. The van der Waals surface area contributed by atoms with Crippen molar-refractivity contribution >= 4 is 0 Å². The Hall–Kier alpha value is -0.120. The second-order valence-corrected chi connectivity index (χ2v) is 6.19. The molecule has 1 N–H and O–H groups in total. The second-order valence-electron chi connectivity index (χ2n) is 6.19. The van der Waals surface area contributed by atoms with Gasteiger partial charge in [0.25, 0.3) is 0 Å². The number of hydrogen-bond acceptors (Lipinski definition) is 3. The molecule has 0 aromatic heterocycles. The molecule has 3 nitrogen and oxygen atoms in total. The van der Waals surface area contributed by atoms with Crippen LogP contribution in [0.25, 0.3) is 0 Å². The fourth-order valence-electron chi connectivity index (χ4n) is 3.59. The first kappa shape index (κ1) is 14.3. The summed E-state index contributed by atoms with van der Waals surface area (Å²) in [4.78, 5) is 2.64. The van der Waals surface area contributed by atoms with E-state index in [4.69, 9.17) is 4.74 Å². The van der Waals surface area contributed by atoms with Crippen LogP contribution in [0.2, 0.25) is 0 Å². The highest BCUT2D eigenvalue weighted by Gasteiger charge is 2.35. The molecule has 0 aromatic rings. The van der Waals surface area contributed by atoms with E-state index >= 15 is 0 Å². The van der Waals surface area contributed by atoms with E-state index in [9.17, 15) is 0 Å².